The molecular formula is C12H16N2O3S. The van der Waals surface area contributed by atoms with Crippen molar-refractivity contribution < 1.29 is 14.7 Å². The molecular weight excluding hydrogens is 252 g/mol. The van der Waals surface area contributed by atoms with E-state index in [1.54, 1.807) is 24.2 Å². The molecule has 18 heavy (non-hydrogen) atoms. The summed E-state index contributed by atoms with van der Waals surface area (Å²) in [6.07, 6.45) is 2.64. The van der Waals surface area contributed by atoms with Crippen LogP contribution in [0, 0.1) is 0 Å². The molecule has 6 heteroatoms. The van der Waals surface area contributed by atoms with E-state index in [1.807, 2.05) is 11.8 Å². The summed E-state index contributed by atoms with van der Waals surface area (Å²) in [5.41, 5.74) is 0.151. The van der Waals surface area contributed by atoms with Crippen LogP contribution in [0.4, 0.5) is 0 Å². The fraction of sp³-hybridized carbons (Fsp3) is 0.500. The van der Waals surface area contributed by atoms with E-state index in [-0.39, 0.29) is 24.2 Å². The number of thioether (sulfide) groups is 1. The molecule has 1 saturated heterocycles. The minimum Gasteiger partial charge on any atom is -0.477 e. The Morgan fingerprint density at radius 1 is 1.61 bits per heavy atom. The predicted molar refractivity (Wildman–Crippen MR) is 69.9 cm³/mol. The molecule has 1 N–H and O–H groups in total. The van der Waals surface area contributed by atoms with Crippen molar-refractivity contribution in [3.05, 3.63) is 24.0 Å². The Hall–Kier alpha value is -1.43. The molecule has 1 aliphatic rings. The standard InChI is InChI=1S/C12H16N2O3S/c1-13(9-4-6-18-8-9)11(15)7-14-5-2-3-10(14)12(16)17/h2-3,5,9H,4,6-8H2,1H3,(H,16,17). The van der Waals surface area contributed by atoms with Crippen molar-refractivity contribution in [2.45, 2.75) is 19.0 Å². The van der Waals surface area contributed by atoms with E-state index in [1.165, 1.54) is 10.6 Å². The van der Waals surface area contributed by atoms with Crippen molar-refractivity contribution >= 4 is 23.6 Å². The van der Waals surface area contributed by atoms with Gasteiger partial charge in [0.25, 0.3) is 0 Å². The zero-order valence-corrected chi connectivity index (χ0v) is 11.0. The van der Waals surface area contributed by atoms with Crippen molar-refractivity contribution in [3.63, 3.8) is 0 Å². The quantitative estimate of drug-likeness (QED) is 0.890. The lowest BCUT2D eigenvalue weighted by molar-refractivity contribution is -0.132. The van der Waals surface area contributed by atoms with Crippen LogP contribution in [0.1, 0.15) is 16.9 Å². The van der Waals surface area contributed by atoms with Gasteiger partial charge in [0.1, 0.15) is 12.2 Å². The van der Waals surface area contributed by atoms with Gasteiger partial charge < -0.3 is 14.6 Å². The highest BCUT2D eigenvalue weighted by Gasteiger charge is 2.24. The average molecular weight is 268 g/mol. The van der Waals surface area contributed by atoms with Crippen LogP contribution >= 0.6 is 11.8 Å². The maximum Gasteiger partial charge on any atom is 0.352 e. The van der Waals surface area contributed by atoms with Gasteiger partial charge in [-0.05, 0) is 24.3 Å². The number of carbonyl (C=O) groups excluding carboxylic acids is 1. The number of amides is 1. The molecule has 0 radical (unpaired) electrons. The first-order valence-corrected chi connectivity index (χ1v) is 6.97. The minimum atomic E-state index is -1.01. The van der Waals surface area contributed by atoms with Crippen LogP contribution in [0.25, 0.3) is 0 Å². The molecule has 0 saturated carbocycles. The number of carbonyl (C=O) groups is 2. The third-order valence-corrected chi connectivity index (χ3v) is 4.35. The molecule has 5 nitrogen and oxygen atoms in total. The maximum atomic E-state index is 12.1. The highest BCUT2D eigenvalue weighted by atomic mass is 32.2. The van der Waals surface area contributed by atoms with Crippen LogP contribution in [0.5, 0.6) is 0 Å². The molecule has 1 unspecified atom stereocenters. The highest BCUT2D eigenvalue weighted by molar-refractivity contribution is 7.99. The lowest BCUT2D eigenvalue weighted by atomic mass is 10.2. The number of hydrogen-bond donors (Lipinski definition) is 1. The molecule has 0 aromatic carbocycles. The van der Waals surface area contributed by atoms with Crippen molar-refractivity contribution in [2.24, 2.45) is 0 Å². The molecule has 1 atom stereocenters. The lowest BCUT2D eigenvalue weighted by Gasteiger charge is -2.24. The zero-order valence-electron chi connectivity index (χ0n) is 10.2. The van der Waals surface area contributed by atoms with E-state index >= 15 is 0 Å². The van der Waals surface area contributed by atoms with Crippen molar-refractivity contribution in [1.82, 2.24) is 9.47 Å². The lowest BCUT2D eigenvalue weighted by Crippen LogP contribution is -2.39. The van der Waals surface area contributed by atoms with Crippen LogP contribution in [0.3, 0.4) is 0 Å². The zero-order chi connectivity index (χ0) is 13.1. The van der Waals surface area contributed by atoms with Crippen molar-refractivity contribution in [1.29, 1.82) is 0 Å². The van der Waals surface area contributed by atoms with Crippen LogP contribution in [-0.2, 0) is 11.3 Å². The number of nitrogens with zero attached hydrogens (tertiary/aromatic N) is 2. The van der Waals surface area contributed by atoms with Crippen molar-refractivity contribution in [3.8, 4) is 0 Å². The number of carboxylic acids is 1. The van der Waals surface area contributed by atoms with Gasteiger partial charge in [0.05, 0.1) is 0 Å². The highest BCUT2D eigenvalue weighted by Crippen LogP contribution is 2.21. The Morgan fingerprint density at radius 2 is 2.39 bits per heavy atom. The fourth-order valence-electron chi connectivity index (χ4n) is 2.03. The summed E-state index contributed by atoms with van der Waals surface area (Å²) < 4.78 is 1.48. The Balaban J connectivity index is 2.02. The van der Waals surface area contributed by atoms with Crippen molar-refractivity contribution in [2.75, 3.05) is 18.6 Å². The Morgan fingerprint density at radius 3 is 3.00 bits per heavy atom. The number of rotatable bonds is 4. The van der Waals surface area contributed by atoms with Crippen LogP contribution < -0.4 is 0 Å². The molecule has 98 valence electrons. The molecule has 0 aliphatic carbocycles. The first-order chi connectivity index (χ1) is 8.59. The molecule has 1 fully saturated rings. The third-order valence-electron chi connectivity index (χ3n) is 3.20. The smallest absolute Gasteiger partial charge is 0.352 e. The predicted octanol–water partition coefficient (Wildman–Crippen LogP) is 1.15. The molecule has 1 aliphatic heterocycles. The summed E-state index contributed by atoms with van der Waals surface area (Å²) in [6.45, 7) is 0.0896. The van der Waals surface area contributed by atoms with Crippen LogP contribution in [0.15, 0.2) is 18.3 Å². The largest absolute Gasteiger partial charge is 0.477 e. The first-order valence-electron chi connectivity index (χ1n) is 5.81. The number of aromatic carboxylic acids is 1. The molecule has 1 aromatic rings. The first kappa shape index (κ1) is 13.0. The molecule has 1 amide bonds. The van der Waals surface area contributed by atoms with E-state index in [0.29, 0.717) is 0 Å². The van der Waals surface area contributed by atoms with Crippen LogP contribution in [0.2, 0.25) is 0 Å². The van der Waals surface area contributed by atoms with Gasteiger partial charge in [-0.15, -0.1) is 0 Å². The van der Waals surface area contributed by atoms with Crippen LogP contribution in [-0.4, -0.2) is 51.0 Å². The van der Waals surface area contributed by atoms with E-state index < -0.39 is 5.97 Å². The van der Waals surface area contributed by atoms with Gasteiger partial charge in [0.2, 0.25) is 5.91 Å². The summed E-state index contributed by atoms with van der Waals surface area (Å²) in [5, 5.41) is 8.97. The molecule has 0 spiro atoms. The third kappa shape index (κ3) is 2.69. The second-order valence-electron chi connectivity index (χ2n) is 4.35. The summed E-state index contributed by atoms with van der Waals surface area (Å²) in [5.74, 6) is 1.01. The second kappa shape index (κ2) is 5.48. The van der Waals surface area contributed by atoms with Gasteiger partial charge in [-0.1, -0.05) is 0 Å². The van der Waals surface area contributed by atoms with Gasteiger partial charge in [0, 0.05) is 25.0 Å². The normalized spacial score (nSPS) is 18.8. The Labute approximate surface area is 110 Å². The van der Waals surface area contributed by atoms with Gasteiger partial charge in [0.15, 0.2) is 0 Å². The Bertz CT molecular complexity index is 452. The monoisotopic (exact) mass is 268 g/mol. The van der Waals surface area contributed by atoms with Gasteiger partial charge in [-0.25, -0.2) is 4.79 Å². The second-order valence-corrected chi connectivity index (χ2v) is 5.50. The summed E-state index contributed by atoms with van der Waals surface area (Å²) in [6, 6.07) is 3.43. The molecule has 2 heterocycles. The Kier molecular flexibility index (Phi) is 3.96. The summed E-state index contributed by atoms with van der Waals surface area (Å²) in [4.78, 5) is 24.8. The SMILES string of the molecule is CN(C(=O)Cn1cccc1C(=O)O)C1CCSC1. The molecule has 2 rings (SSSR count). The topological polar surface area (TPSA) is 62.5 Å². The minimum absolute atomic E-state index is 0.0406. The maximum absolute atomic E-state index is 12.1. The number of carboxylic acid groups (broad SMARTS) is 1. The molecule has 1 aromatic heterocycles. The fourth-order valence-corrected chi connectivity index (χ4v) is 3.30. The summed E-state index contributed by atoms with van der Waals surface area (Å²) >= 11 is 1.85. The van der Waals surface area contributed by atoms with Gasteiger partial charge in [-0.3, -0.25) is 4.79 Å². The van der Waals surface area contributed by atoms with E-state index in [4.69, 9.17) is 5.11 Å². The molecule has 0 bridgehead atoms. The van der Waals surface area contributed by atoms with Gasteiger partial charge >= 0.3 is 5.97 Å². The van der Waals surface area contributed by atoms with Gasteiger partial charge in [-0.2, -0.15) is 11.8 Å². The van der Waals surface area contributed by atoms with E-state index in [0.717, 1.165) is 17.9 Å². The van der Waals surface area contributed by atoms with E-state index in [2.05, 4.69) is 0 Å². The van der Waals surface area contributed by atoms with E-state index in [9.17, 15) is 9.59 Å². The number of hydrogen-bond acceptors (Lipinski definition) is 3. The number of likely N-dealkylation sites (N-methyl/N-ethyl adjacent to an activating group) is 1. The summed E-state index contributed by atoms with van der Waals surface area (Å²) in [7, 11) is 1.79. The average Bonchev–Trinajstić information content (AvgIpc) is 2.98. The number of aromatic nitrogens is 1.